The molecule has 1 atom stereocenters. The first kappa shape index (κ1) is 16.4. The summed E-state index contributed by atoms with van der Waals surface area (Å²) in [6, 6.07) is 8.81. The Bertz CT molecular complexity index is 599. The molecule has 0 spiro atoms. The highest BCUT2D eigenvalue weighted by Gasteiger charge is 2.07. The van der Waals surface area contributed by atoms with E-state index in [0.29, 0.717) is 5.92 Å². The maximum Gasteiger partial charge on any atom is 0.0417 e. The Kier molecular flexibility index (Phi) is 5.83. The number of benzene rings is 1. The smallest absolute Gasteiger partial charge is 0.0417 e. The molecule has 116 valence electrons. The van der Waals surface area contributed by atoms with E-state index in [9.17, 15) is 0 Å². The summed E-state index contributed by atoms with van der Waals surface area (Å²) in [5.74, 6) is 0.594. The van der Waals surface area contributed by atoms with E-state index in [-0.39, 0.29) is 0 Å². The lowest BCUT2D eigenvalue weighted by atomic mass is 9.93. The Morgan fingerprint density at radius 3 is 2.64 bits per heavy atom. The number of nitrogens with one attached hydrogen (secondary N) is 1. The fourth-order valence-electron chi connectivity index (χ4n) is 2.75. The summed E-state index contributed by atoms with van der Waals surface area (Å²) in [5.41, 5.74) is 6.00. The van der Waals surface area contributed by atoms with Gasteiger partial charge in [-0.2, -0.15) is 0 Å². The van der Waals surface area contributed by atoms with Gasteiger partial charge in [-0.05, 0) is 47.1 Å². The van der Waals surface area contributed by atoms with Crippen molar-refractivity contribution in [1.29, 1.82) is 0 Å². The van der Waals surface area contributed by atoms with Crippen molar-refractivity contribution in [1.82, 2.24) is 5.32 Å². The molecule has 0 saturated heterocycles. The molecule has 2 rings (SSSR count). The Morgan fingerprint density at radius 2 is 2.05 bits per heavy atom. The van der Waals surface area contributed by atoms with Gasteiger partial charge in [-0.3, -0.25) is 0 Å². The molecule has 0 radical (unpaired) electrons. The lowest BCUT2D eigenvalue weighted by Gasteiger charge is -2.14. The van der Waals surface area contributed by atoms with Crippen molar-refractivity contribution in [2.24, 2.45) is 5.92 Å². The van der Waals surface area contributed by atoms with Crippen molar-refractivity contribution in [2.75, 3.05) is 7.05 Å². The molecule has 0 aromatic heterocycles. The van der Waals surface area contributed by atoms with E-state index in [2.05, 4.69) is 74.3 Å². The highest BCUT2D eigenvalue weighted by Crippen LogP contribution is 2.24. The molecule has 0 amide bonds. The van der Waals surface area contributed by atoms with Crippen LogP contribution in [0, 0.1) is 5.92 Å². The molecule has 0 aliphatic heterocycles. The average Bonchev–Trinajstić information content (AvgIpc) is 2.53. The second-order valence-corrected chi connectivity index (χ2v) is 6.02. The largest absolute Gasteiger partial charge is 0.388 e. The Balaban J connectivity index is 2.19. The molecule has 0 heterocycles. The molecule has 0 bridgehead atoms. The second-order valence-electron chi connectivity index (χ2n) is 6.02. The first-order valence-electron chi connectivity index (χ1n) is 8.20. The summed E-state index contributed by atoms with van der Waals surface area (Å²) in [6.45, 7) is 8.69. The SMILES string of the molecule is C=C(/C=C(\NC)c1ccc(CCC)cc1)C1=CC(C)CC=C1. The van der Waals surface area contributed by atoms with Crippen molar-refractivity contribution in [3.8, 4) is 0 Å². The van der Waals surface area contributed by atoms with E-state index in [4.69, 9.17) is 0 Å². The van der Waals surface area contributed by atoms with E-state index in [1.807, 2.05) is 7.05 Å². The number of hydrogen-bond donors (Lipinski definition) is 1. The van der Waals surface area contributed by atoms with Gasteiger partial charge in [-0.1, -0.05) is 69.3 Å². The predicted molar refractivity (Wildman–Crippen MR) is 97.6 cm³/mol. The van der Waals surface area contributed by atoms with Gasteiger partial charge in [0.25, 0.3) is 0 Å². The average molecular weight is 293 g/mol. The molecular weight excluding hydrogens is 266 g/mol. The molecule has 0 fully saturated rings. The minimum absolute atomic E-state index is 0.594. The van der Waals surface area contributed by atoms with Crippen LogP contribution in [-0.4, -0.2) is 7.05 Å². The van der Waals surface area contributed by atoms with Gasteiger partial charge in [-0.15, -0.1) is 0 Å². The first-order chi connectivity index (χ1) is 10.6. The van der Waals surface area contributed by atoms with Crippen LogP contribution in [-0.2, 0) is 6.42 Å². The van der Waals surface area contributed by atoms with E-state index in [1.54, 1.807) is 0 Å². The summed E-state index contributed by atoms with van der Waals surface area (Å²) in [5, 5.41) is 3.30. The fourth-order valence-corrected chi connectivity index (χ4v) is 2.75. The summed E-state index contributed by atoms with van der Waals surface area (Å²) < 4.78 is 0. The third-order valence-electron chi connectivity index (χ3n) is 4.03. The Morgan fingerprint density at radius 1 is 1.32 bits per heavy atom. The zero-order chi connectivity index (χ0) is 15.9. The van der Waals surface area contributed by atoms with Crippen molar-refractivity contribution in [3.05, 3.63) is 77.4 Å². The third kappa shape index (κ3) is 4.24. The maximum atomic E-state index is 4.24. The van der Waals surface area contributed by atoms with Crippen LogP contribution in [0.1, 0.15) is 37.8 Å². The van der Waals surface area contributed by atoms with E-state index in [1.165, 1.54) is 23.1 Å². The quantitative estimate of drug-likeness (QED) is 0.704. The lowest BCUT2D eigenvalue weighted by Crippen LogP contribution is -2.06. The van der Waals surface area contributed by atoms with Gasteiger partial charge >= 0.3 is 0 Å². The molecule has 22 heavy (non-hydrogen) atoms. The monoisotopic (exact) mass is 293 g/mol. The summed E-state index contributed by atoms with van der Waals surface area (Å²) in [7, 11) is 1.97. The third-order valence-corrected chi connectivity index (χ3v) is 4.03. The molecule has 1 heteroatoms. The van der Waals surface area contributed by atoms with E-state index < -0.39 is 0 Å². The first-order valence-corrected chi connectivity index (χ1v) is 8.20. The van der Waals surface area contributed by atoms with Crippen LogP contribution in [0.4, 0.5) is 0 Å². The lowest BCUT2D eigenvalue weighted by molar-refractivity contribution is 0.731. The standard InChI is InChI=1S/C21H27N/c1-5-7-18-10-12-19(13-11-18)21(22-4)15-17(3)20-9-6-8-16(2)14-20/h6,9-16,22H,3,5,7-8H2,1-2,4H3/b21-15-. The van der Waals surface area contributed by atoms with Crippen LogP contribution in [0.2, 0.25) is 0 Å². The normalized spacial score (nSPS) is 18.0. The second kappa shape index (κ2) is 7.84. The van der Waals surface area contributed by atoms with Crippen molar-refractivity contribution < 1.29 is 0 Å². The van der Waals surface area contributed by atoms with Crippen LogP contribution in [0.15, 0.2) is 66.3 Å². The van der Waals surface area contributed by atoms with Gasteiger partial charge in [0.05, 0.1) is 0 Å². The van der Waals surface area contributed by atoms with E-state index >= 15 is 0 Å². The molecule has 1 unspecified atom stereocenters. The van der Waals surface area contributed by atoms with Crippen molar-refractivity contribution in [2.45, 2.75) is 33.1 Å². The van der Waals surface area contributed by atoms with Crippen molar-refractivity contribution >= 4 is 5.70 Å². The van der Waals surface area contributed by atoms with Crippen LogP contribution in [0.3, 0.4) is 0 Å². The molecule has 1 aromatic rings. The summed E-state index contributed by atoms with van der Waals surface area (Å²) in [4.78, 5) is 0. The molecule has 1 aliphatic carbocycles. The molecule has 0 saturated carbocycles. The Labute approximate surface area is 135 Å². The van der Waals surface area contributed by atoms with Crippen LogP contribution in [0.25, 0.3) is 5.70 Å². The Hall–Kier alpha value is -2.02. The van der Waals surface area contributed by atoms with Crippen LogP contribution >= 0.6 is 0 Å². The minimum Gasteiger partial charge on any atom is -0.388 e. The molecule has 1 aliphatic rings. The number of rotatable bonds is 6. The molecular formula is C21H27N. The van der Waals surface area contributed by atoms with Crippen LogP contribution < -0.4 is 5.32 Å². The van der Waals surface area contributed by atoms with Gasteiger partial charge < -0.3 is 5.32 Å². The number of aryl methyl sites for hydroxylation is 1. The topological polar surface area (TPSA) is 12.0 Å². The van der Waals surface area contributed by atoms with Gasteiger partial charge in [0, 0.05) is 12.7 Å². The highest BCUT2D eigenvalue weighted by molar-refractivity contribution is 5.69. The van der Waals surface area contributed by atoms with Gasteiger partial charge in [0.2, 0.25) is 0 Å². The number of hydrogen-bond acceptors (Lipinski definition) is 1. The van der Waals surface area contributed by atoms with Crippen molar-refractivity contribution in [3.63, 3.8) is 0 Å². The van der Waals surface area contributed by atoms with E-state index in [0.717, 1.165) is 24.1 Å². The summed E-state index contributed by atoms with van der Waals surface area (Å²) >= 11 is 0. The highest BCUT2D eigenvalue weighted by atomic mass is 14.8. The van der Waals surface area contributed by atoms with Crippen LogP contribution in [0.5, 0.6) is 0 Å². The predicted octanol–water partition coefficient (Wildman–Crippen LogP) is 5.28. The van der Waals surface area contributed by atoms with Gasteiger partial charge in [0.1, 0.15) is 0 Å². The van der Waals surface area contributed by atoms with Gasteiger partial charge in [-0.25, -0.2) is 0 Å². The number of allylic oxidation sites excluding steroid dienone is 6. The van der Waals surface area contributed by atoms with Gasteiger partial charge in [0.15, 0.2) is 0 Å². The molecule has 1 aromatic carbocycles. The zero-order valence-corrected chi connectivity index (χ0v) is 14.0. The molecule has 1 N–H and O–H groups in total. The fraction of sp³-hybridized carbons (Fsp3) is 0.333. The zero-order valence-electron chi connectivity index (χ0n) is 14.0. The summed E-state index contributed by atoms with van der Waals surface area (Å²) in [6.07, 6.45) is 12.3. The molecule has 1 nitrogen and oxygen atoms in total. The maximum absolute atomic E-state index is 4.24. The minimum atomic E-state index is 0.594.